The van der Waals surface area contributed by atoms with Crippen molar-refractivity contribution in [3.8, 4) is 0 Å². The largest absolute Gasteiger partial charge is 0.283 e. The molecule has 0 saturated carbocycles. The van der Waals surface area contributed by atoms with Crippen molar-refractivity contribution >= 4 is 54.0 Å². The van der Waals surface area contributed by atoms with Crippen molar-refractivity contribution in [2.75, 3.05) is 16.4 Å². The third-order valence-electron chi connectivity index (χ3n) is 2.68. The van der Waals surface area contributed by atoms with Gasteiger partial charge in [-0.25, -0.2) is 8.42 Å². The Labute approximate surface area is 126 Å². The van der Waals surface area contributed by atoms with Crippen LogP contribution in [0.5, 0.6) is 0 Å². The van der Waals surface area contributed by atoms with Gasteiger partial charge in [-0.3, -0.25) is 4.72 Å². The first-order valence-electron chi connectivity index (χ1n) is 5.77. The molecule has 0 bridgehead atoms. The topological polar surface area (TPSA) is 46.2 Å². The fraction of sp³-hybridized carbons (Fsp3) is 0.231. The molecular weight excluding hydrogens is 350 g/mol. The fourth-order valence-electron chi connectivity index (χ4n) is 1.81. The molecule has 0 saturated heterocycles. The van der Waals surface area contributed by atoms with Gasteiger partial charge in [0.05, 0.1) is 11.4 Å². The summed E-state index contributed by atoms with van der Waals surface area (Å²) in [5.41, 5.74) is 0.591. The van der Waals surface area contributed by atoms with Gasteiger partial charge in [-0.1, -0.05) is 40.2 Å². The number of alkyl halides is 1. The van der Waals surface area contributed by atoms with Gasteiger partial charge >= 0.3 is 0 Å². The summed E-state index contributed by atoms with van der Waals surface area (Å²) >= 11 is 8.99. The second-order valence-corrected chi connectivity index (χ2v) is 7.18. The van der Waals surface area contributed by atoms with Gasteiger partial charge in [0.15, 0.2) is 0 Å². The second-order valence-electron chi connectivity index (χ2n) is 4.10. The first-order chi connectivity index (χ1) is 9.03. The molecule has 0 atom stereocenters. The van der Waals surface area contributed by atoms with Crippen molar-refractivity contribution in [1.29, 1.82) is 0 Å². The zero-order valence-corrected chi connectivity index (χ0v) is 13.2. The molecule has 0 spiro atoms. The normalized spacial score (nSPS) is 11.7. The van der Waals surface area contributed by atoms with Crippen molar-refractivity contribution in [3.63, 3.8) is 0 Å². The number of anilines is 1. The number of benzene rings is 2. The Kier molecular flexibility index (Phi) is 4.71. The molecule has 0 radical (unpaired) electrons. The third kappa shape index (κ3) is 3.61. The lowest BCUT2D eigenvalue weighted by Gasteiger charge is -2.11. The molecule has 2 rings (SSSR count). The minimum atomic E-state index is -3.35. The van der Waals surface area contributed by atoms with Gasteiger partial charge in [-0.2, -0.15) is 0 Å². The van der Waals surface area contributed by atoms with E-state index < -0.39 is 10.0 Å². The summed E-state index contributed by atoms with van der Waals surface area (Å²) in [5.74, 6) is 0.364. The van der Waals surface area contributed by atoms with Crippen molar-refractivity contribution in [2.24, 2.45) is 0 Å². The molecule has 0 amide bonds. The van der Waals surface area contributed by atoms with Crippen LogP contribution in [0.2, 0.25) is 0 Å². The molecule has 6 heteroatoms. The lowest BCUT2D eigenvalue weighted by atomic mass is 10.1. The van der Waals surface area contributed by atoms with Crippen LogP contribution in [-0.2, 0) is 10.0 Å². The molecular formula is C13H13BrClNO2S. The smallest absolute Gasteiger partial charge is 0.232 e. The van der Waals surface area contributed by atoms with E-state index >= 15 is 0 Å². The number of nitrogens with one attached hydrogen (secondary N) is 1. The van der Waals surface area contributed by atoms with E-state index in [1.54, 1.807) is 6.07 Å². The standard InChI is InChI=1S/C13H13BrClNO2S/c14-12-6-7-13(11-5-2-1-4-10(11)12)16-19(17,18)9-3-8-15/h1-2,4-7,16H,3,8-9H2. The van der Waals surface area contributed by atoms with Crippen LogP contribution >= 0.6 is 27.5 Å². The number of rotatable bonds is 5. The Morgan fingerprint density at radius 1 is 1.11 bits per heavy atom. The molecule has 3 nitrogen and oxygen atoms in total. The van der Waals surface area contributed by atoms with Crippen molar-refractivity contribution in [3.05, 3.63) is 40.9 Å². The molecule has 19 heavy (non-hydrogen) atoms. The Morgan fingerprint density at radius 3 is 2.47 bits per heavy atom. The first-order valence-corrected chi connectivity index (χ1v) is 8.75. The number of sulfonamides is 1. The summed E-state index contributed by atoms with van der Waals surface area (Å²) in [6.45, 7) is 0. The molecule has 0 unspecified atom stereocenters. The van der Waals surface area contributed by atoms with Crippen LogP contribution in [-0.4, -0.2) is 20.1 Å². The van der Waals surface area contributed by atoms with E-state index in [2.05, 4.69) is 20.7 Å². The van der Waals surface area contributed by atoms with Crippen LogP contribution in [0.4, 0.5) is 5.69 Å². The average molecular weight is 363 g/mol. The molecule has 0 aliphatic heterocycles. The van der Waals surface area contributed by atoms with Gasteiger partial charge in [-0.05, 0) is 23.9 Å². The van der Waals surface area contributed by atoms with Gasteiger partial charge in [0.25, 0.3) is 0 Å². The number of fused-ring (bicyclic) bond motifs is 1. The minimum Gasteiger partial charge on any atom is -0.283 e. The fourth-order valence-corrected chi connectivity index (χ4v) is 3.72. The summed E-state index contributed by atoms with van der Waals surface area (Å²) in [6.07, 6.45) is 0.436. The van der Waals surface area contributed by atoms with E-state index in [1.807, 2.05) is 30.3 Å². The zero-order valence-electron chi connectivity index (χ0n) is 10.1. The Balaban J connectivity index is 2.39. The summed E-state index contributed by atoms with van der Waals surface area (Å²) in [4.78, 5) is 0. The first kappa shape index (κ1) is 14.6. The summed E-state index contributed by atoms with van der Waals surface area (Å²) in [6, 6.07) is 11.2. The highest BCUT2D eigenvalue weighted by atomic mass is 79.9. The van der Waals surface area contributed by atoms with Gasteiger partial charge in [-0.15, -0.1) is 11.6 Å². The maximum atomic E-state index is 11.9. The third-order valence-corrected chi connectivity index (χ3v) is 5.00. The number of hydrogen-bond donors (Lipinski definition) is 1. The molecule has 2 aromatic carbocycles. The van der Waals surface area contributed by atoms with Crippen molar-refractivity contribution < 1.29 is 8.42 Å². The van der Waals surface area contributed by atoms with Crippen LogP contribution in [0.15, 0.2) is 40.9 Å². The van der Waals surface area contributed by atoms with Gasteiger partial charge in [0, 0.05) is 15.7 Å². The highest BCUT2D eigenvalue weighted by molar-refractivity contribution is 9.10. The average Bonchev–Trinajstić information content (AvgIpc) is 2.40. The predicted molar refractivity (Wildman–Crippen MR) is 84.4 cm³/mol. The SMILES string of the molecule is O=S(=O)(CCCCl)Nc1ccc(Br)c2ccccc12. The number of halogens is 2. The van der Waals surface area contributed by atoms with Crippen LogP contribution in [0, 0.1) is 0 Å². The summed E-state index contributed by atoms with van der Waals surface area (Å²) in [7, 11) is -3.35. The molecule has 0 fully saturated rings. The summed E-state index contributed by atoms with van der Waals surface area (Å²) in [5, 5.41) is 1.84. The molecule has 0 heterocycles. The Morgan fingerprint density at radius 2 is 1.79 bits per heavy atom. The maximum absolute atomic E-state index is 11.9. The van der Waals surface area contributed by atoms with Crippen LogP contribution in [0.1, 0.15) is 6.42 Å². The second kappa shape index (κ2) is 6.11. The molecule has 102 valence electrons. The van der Waals surface area contributed by atoms with Crippen molar-refractivity contribution in [1.82, 2.24) is 0 Å². The van der Waals surface area contributed by atoms with Crippen LogP contribution < -0.4 is 4.72 Å². The molecule has 0 aliphatic carbocycles. The van der Waals surface area contributed by atoms with Crippen LogP contribution in [0.25, 0.3) is 10.8 Å². The van der Waals surface area contributed by atoms with E-state index in [9.17, 15) is 8.42 Å². The zero-order chi connectivity index (χ0) is 13.9. The van der Waals surface area contributed by atoms with E-state index in [0.717, 1.165) is 15.2 Å². The van der Waals surface area contributed by atoms with E-state index in [-0.39, 0.29) is 5.75 Å². The molecule has 0 aliphatic rings. The highest BCUT2D eigenvalue weighted by Crippen LogP contribution is 2.30. The predicted octanol–water partition coefficient (Wildman–Crippen LogP) is 3.97. The highest BCUT2D eigenvalue weighted by Gasteiger charge is 2.12. The van der Waals surface area contributed by atoms with Gasteiger partial charge in [0.2, 0.25) is 10.0 Å². The van der Waals surface area contributed by atoms with E-state index in [1.165, 1.54) is 0 Å². The maximum Gasteiger partial charge on any atom is 0.232 e. The van der Waals surface area contributed by atoms with Crippen LogP contribution in [0.3, 0.4) is 0 Å². The molecule has 1 N–H and O–H groups in total. The Hall–Kier alpha value is -0.780. The summed E-state index contributed by atoms with van der Waals surface area (Å²) < 4.78 is 27.4. The quantitative estimate of drug-likeness (QED) is 0.818. The minimum absolute atomic E-state index is 0.0287. The van der Waals surface area contributed by atoms with Gasteiger partial charge in [0.1, 0.15) is 0 Å². The van der Waals surface area contributed by atoms with Crippen molar-refractivity contribution in [2.45, 2.75) is 6.42 Å². The lowest BCUT2D eigenvalue weighted by Crippen LogP contribution is -2.17. The van der Waals surface area contributed by atoms with E-state index in [4.69, 9.17) is 11.6 Å². The molecule has 0 aromatic heterocycles. The molecule has 2 aromatic rings. The Bertz CT molecular complexity index is 688. The van der Waals surface area contributed by atoms with Gasteiger partial charge < -0.3 is 0 Å². The van der Waals surface area contributed by atoms with E-state index in [0.29, 0.717) is 18.0 Å². The monoisotopic (exact) mass is 361 g/mol. The number of hydrogen-bond acceptors (Lipinski definition) is 2. The lowest BCUT2D eigenvalue weighted by molar-refractivity contribution is 0.600.